The van der Waals surface area contributed by atoms with Gasteiger partial charge in [-0.15, -0.1) is 0 Å². The summed E-state index contributed by atoms with van der Waals surface area (Å²) < 4.78 is 0.771. The number of aromatic nitrogens is 2. The number of carbonyl (C=O) groups is 1. The average molecular weight is 330 g/mol. The molecule has 100 valence electrons. The van der Waals surface area contributed by atoms with Crippen molar-refractivity contribution >= 4 is 38.4 Å². The van der Waals surface area contributed by atoms with Crippen molar-refractivity contribution in [2.24, 2.45) is 0 Å². The van der Waals surface area contributed by atoms with Crippen LogP contribution in [0, 0.1) is 0 Å². The van der Waals surface area contributed by atoms with Gasteiger partial charge in [-0.3, -0.25) is 9.78 Å². The van der Waals surface area contributed by atoms with E-state index in [1.54, 1.807) is 18.5 Å². The Labute approximate surface area is 124 Å². The van der Waals surface area contributed by atoms with Crippen molar-refractivity contribution in [3.05, 3.63) is 59.0 Å². The first-order chi connectivity index (χ1) is 9.74. The summed E-state index contributed by atoms with van der Waals surface area (Å²) in [5.41, 5.74) is 2.76. The van der Waals surface area contributed by atoms with Gasteiger partial charge in [-0.1, -0.05) is 18.2 Å². The lowest BCUT2D eigenvalue weighted by molar-refractivity contribution is -0.115. The summed E-state index contributed by atoms with van der Waals surface area (Å²) >= 11 is 3.36. The van der Waals surface area contributed by atoms with Crippen molar-refractivity contribution in [3.8, 4) is 0 Å². The van der Waals surface area contributed by atoms with E-state index in [0.717, 1.165) is 26.6 Å². The number of aromatic amines is 1. The van der Waals surface area contributed by atoms with E-state index in [9.17, 15) is 4.79 Å². The van der Waals surface area contributed by atoms with Gasteiger partial charge in [0.05, 0.1) is 16.6 Å². The molecule has 3 aromatic rings. The van der Waals surface area contributed by atoms with Crippen LogP contribution in [0.3, 0.4) is 0 Å². The smallest absolute Gasteiger partial charge is 0.228 e. The van der Waals surface area contributed by atoms with Crippen LogP contribution in [-0.4, -0.2) is 15.9 Å². The molecule has 0 atom stereocenters. The van der Waals surface area contributed by atoms with E-state index in [2.05, 4.69) is 31.2 Å². The Kier molecular flexibility index (Phi) is 3.52. The highest BCUT2D eigenvalue weighted by Crippen LogP contribution is 2.21. The first-order valence-electron chi connectivity index (χ1n) is 6.18. The first-order valence-corrected chi connectivity index (χ1v) is 6.97. The number of rotatable bonds is 3. The fourth-order valence-electron chi connectivity index (χ4n) is 2.12. The molecule has 5 heteroatoms. The molecular formula is C15H12BrN3O. The molecule has 0 aliphatic rings. The highest BCUT2D eigenvalue weighted by molar-refractivity contribution is 9.10. The van der Waals surface area contributed by atoms with Crippen LogP contribution in [0.1, 0.15) is 5.56 Å². The molecule has 1 amide bonds. The van der Waals surface area contributed by atoms with Gasteiger partial charge in [0.2, 0.25) is 5.91 Å². The van der Waals surface area contributed by atoms with Crippen LogP contribution < -0.4 is 5.32 Å². The number of hydrogen-bond donors (Lipinski definition) is 2. The third-order valence-corrected chi connectivity index (χ3v) is 3.70. The Morgan fingerprint density at radius 2 is 2.15 bits per heavy atom. The lowest BCUT2D eigenvalue weighted by atomic mass is 10.1. The topological polar surface area (TPSA) is 57.8 Å². The molecule has 1 aromatic carbocycles. The quantitative estimate of drug-likeness (QED) is 0.772. The van der Waals surface area contributed by atoms with E-state index < -0.39 is 0 Å². The third kappa shape index (κ3) is 2.58. The standard InChI is InChI=1S/C15H12BrN3O/c16-12-9-17-6-5-14(12)19-15(20)7-10-8-18-13-4-2-1-3-11(10)13/h1-6,8-9,18H,7H2,(H,17,19,20). The number of H-pyrrole nitrogens is 1. The van der Waals surface area contributed by atoms with Crippen molar-refractivity contribution < 1.29 is 4.79 Å². The molecule has 0 radical (unpaired) electrons. The maximum absolute atomic E-state index is 12.1. The van der Waals surface area contributed by atoms with Crippen LogP contribution in [-0.2, 0) is 11.2 Å². The van der Waals surface area contributed by atoms with Gasteiger partial charge >= 0.3 is 0 Å². The number of para-hydroxylation sites is 1. The van der Waals surface area contributed by atoms with E-state index >= 15 is 0 Å². The highest BCUT2D eigenvalue weighted by atomic mass is 79.9. The minimum atomic E-state index is -0.0540. The van der Waals surface area contributed by atoms with E-state index in [1.807, 2.05) is 30.5 Å². The summed E-state index contributed by atoms with van der Waals surface area (Å²) in [6, 6.07) is 9.71. The predicted octanol–water partition coefficient (Wildman–Crippen LogP) is 3.51. The number of amides is 1. The number of fused-ring (bicyclic) bond motifs is 1. The Balaban J connectivity index is 1.78. The average Bonchev–Trinajstić information content (AvgIpc) is 2.85. The number of anilines is 1. The largest absolute Gasteiger partial charge is 0.361 e. The molecular weight excluding hydrogens is 318 g/mol. The molecule has 4 nitrogen and oxygen atoms in total. The molecule has 0 fully saturated rings. The Morgan fingerprint density at radius 3 is 3.00 bits per heavy atom. The molecule has 0 bridgehead atoms. The van der Waals surface area contributed by atoms with Crippen molar-refractivity contribution in [3.63, 3.8) is 0 Å². The van der Waals surface area contributed by atoms with Crippen molar-refractivity contribution in [1.29, 1.82) is 0 Å². The molecule has 0 saturated heterocycles. The van der Waals surface area contributed by atoms with Gasteiger partial charge in [0, 0.05) is 29.5 Å². The lowest BCUT2D eigenvalue weighted by Gasteiger charge is -2.06. The monoisotopic (exact) mass is 329 g/mol. The Hall–Kier alpha value is -2.14. The van der Waals surface area contributed by atoms with Crippen molar-refractivity contribution in [1.82, 2.24) is 9.97 Å². The molecule has 0 unspecified atom stereocenters. The SMILES string of the molecule is O=C(Cc1c[nH]c2ccccc12)Nc1ccncc1Br. The normalized spacial score (nSPS) is 10.7. The number of benzene rings is 1. The van der Waals surface area contributed by atoms with Gasteiger partial charge in [-0.2, -0.15) is 0 Å². The number of nitrogens with one attached hydrogen (secondary N) is 2. The zero-order valence-corrected chi connectivity index (χ0v) is 12.1. The molecule has 0 aliphatic heterocycles. The van der Waals surface area contributed by atoms with E-state index in [0.29, 0.717) is 6.42 Å². The Bertz CT molecular complexity index is 766. The highest BCUT2D eigenvalue weighted by Gasteiger charge is 2.10. The number of hydrogen-bond acceptors (Lipinski definition) is 2. The molecule has 0 saturated carbocycles. The maximum atomic E-state index is 12.1. The lowest BCUT2D eigenvalue weighted by Crippen LogP contribution is -2.14. The summed E-state index contributed by atoms with van der Waals surface area (Å²) in [4.78, 5) is 19.2. The molecule has 0 aliphatic carbocycles. The summed E-state index contributed by atoms with van der Waals surface area (Å²) in [5.74, 6) is -0.0540. The molecule has 2 N–H and O–H groups in total. The summed E-state index contributed by atoms with van der Waals surface area (Å²) in [6.07, 6.45) is 5.51. The van der Waals surface area contributed by atoms with E-state index in [1.165, 1.54) is 0 Å². The summed E-state index contributed by atoms with van der Waals surface area (Å²) in [6.45, 7) is 0. The van der Waals surface area contributed by atoms with Gasteiger partial charge in [0.1, 0.15) is 0 Å². The van der Waals surface area contributed by atoms with Crippen LogP contribution in [0.25, 0.3) is 10.9 Å². The zero-order chi connectivity index (χ0) is 13.9. The molecule has 20 heavy (non-hydrogen) atoms. The van der Waals surface area contributed by atoms with Crippen LogP contribution in [0.5, 0.6) is 0 Å². The van der Waals surface area contributed by atoms with Gasteiger partial charge in [0.15, 0.2) is 0 Å². The number of halogens is 1. The second-order valence-electron chi connectivity index (χ2n) is 4.44. The van der Waals surface area contributed by atoms with Crippen LogP contribution in [0.15, 0.2) is 53.4 Å². The van der Waals surface area contributed by atoms with Crippen molar-refractivity contribution in [2.75, 3.05) is 5.32 Å². The summed E-state index contributed by atoms with van der Waals surface area (Å²) in [5, 5.41) is 3.95. The van der Waals surface area contributed by atoms with E-state index in [4.69, 9.17) is 0 Å². The van der Waals surface area contributed by atoms with Crippen LogP contribution >= 0.6 is 15.9 Å². The first kappa shape index (κ1) is 12.9. The van der Waals surface area contributed by atoms with Gasteiger partial charge < -0.3 is 10.3 Å². The van der Waals surface area contributed by atoms with Crippen LogP contribution in [0.2, 0.25) is 0 Å². The van der Waals surface area contributed by atoms with E-state index in [-0.39, 0.29) is 5.91 Å². The fraction of sp³-hybridized carbons (Fsp3) is 0.0667. The van der Waals surface area contributed by atoms with Gasteiger partial charge in [0.25, 0.3) is 0 Å². The fourth-order valence-corrected chi connectivity index (χ4v) is 2.47. The zero-order valence-electron chi connectivity index (χ0n) is 10.6. The van der Waals surface area contributed by atoms with Crippen LogP contribution in [0.4, 0.5) is 5.69 Å². The van der Waals surface area contributed by atoms with Crippen molar-refractivity contribution in [2.45, 2.75) is 6.42 Å². The van der Waals surface area contributed by atoms with Gasteiger partial charge in [-0.25, -0.2) is 0 Å². The third-order valence-electron chi connectivity index (χ3n) is 3.07. The summed E-state index contributed by atoms with van der Waals surface area (Å²) in [7, 11) is 0. The molecule has 0 spiro atoms. The molecule has 3 rings (SSSR count). The second-order valence-corrected chi connectivity index (χ2v) is 5.29. The molecule has 2 aromatic heterocycles. The minimum absolute atomic E-state index is 0.0540. The number of nitrogens with zero attached hydrogens (tertiary/aromatic N) is 1. The predicted molar refractivity (Wildman–Crippen MR) is 82.6 cm³/mol. The Morgan fingerprint density at radius 1 is 1.30 bits per heavy atom. The number of carbonyl (C=O) groups excluding carboxylic acids is 1. The second kappa shape index (κ2) is 5.46. The minimum Gasteiger partial charge on any atom is -0.361 e. The van der Waals surface area contributed by atoms with Gasteiger partial charge in [-0.05, 0) is 33.6 Å². The maximum Gasteiger partial charge on any atom is 0.228 e. The molecule has 2 heterocycles. The number of pyridine rings is 1.